The average Bonchev–Trinajstić information content (AvgIpc) is 2.49. The maximum atomic E-state index is 11.1. The Morgan fingerprint density at radius 3 is 2.57 bits per heavy atom. The summed E-state index contributed by atoms with van der Waals surface area (Å²) in [5, 5.41) is 12.2. The number of carbonyl (C=O) groups is 1. The van der Waals surface area contributed by atoms with Gasteiger partial charge in [0.1, 0.15) is 5.75 Å². The minimum atomic E-state index is -0.922. The van der Waals surface area contributed by atoms with E-state index in [4.69, 9.17) is 9.84 Å². The van der Waals surface area contributed by atoms with Gasteiger partial charge in [0.05, 0.1) is 12.2 Å². The molecule has 2 rings (SSSR count). The highest BCUT2D eigenvalue weighted by molar-refractivity contribution is 5.94. The molecular weight excluding hydrogens is 266 g/mol. The van der Waals surface area contributed by atoms with Gasteiger partial charge in [-0.15, -0.1) is 0 Å². The van der Waals surface area contributed by atoms with Gasteiger partial charge >= 0.3 is 5.97 Å². The van der Waals surface area contributed by atoms with E-state index in [2.05, 4.69) is 5.32 Å². The van der Waals surface area contributed by atoms with Gasteiger partial charge in [0.25, 0.3) is 0 Å². The van der Waals surface area contributed by atoms with Crippen molar-refractivity contribution in [1.82, 2.24) is 0 Å². The second-order valence-electron chi connectivity index (χ2n) is 4.79. The molecule has 0 atom stereocenters. The lowest BCUT2D eigenvalue weighted by Crippen LogP contribution is -2.10. The Morgan fingerprint density at radius 2 is 1.86 bits per heavy atom. The maximum absolute atomic E-state index is 11.1. The van der Waals surface area contributed by atoms with Gasteiger partial charge in [0.2, 0.25) is 0 Å². The van der Waals surface area contributed by atoms with Gasteiger partial charge in [0.15, 0.2) is 0 Å². The molecule has 0 spiro atoms. The van der Waals surface area contributed by atoms with Crippen LogP contribution in [0.25, 0.3) is 0 Å². The lowest BCUT2D eigenvalue weighted by molar-refractivity contribution is 0.0698. The first-order valence-corrected chi connectivity index (χ1v) is 6.92. The first-order chi connectivity index (χ1) is 10.2. The lowest BCUT2D eigenvalue weighted by atomic mass is 10.2. The van der Waals surface area contributed by atoms with E-state index in [9.17, 15) is 4.79 Å². The summed E-state index contributed by atoms with van der Waals surface area (Å²) in [7, 11) is 0. The van der Waals surface area contributed by atoms with Gasteiger partial charge in [-0.2, -0.15) is 0 Å². The summed E-state index contributed by atoms with van der Waals surface area (Å²) in [6.45, 7) is 3.29. The summed E-state index contributed by atoms with van der Waals surface area (Å²) in [6.07, 6.45) is 0.793. The molecule has 0 aliphatic rings. The number of anilines is 1. The maximum Gasteiger partial charge on any atom is 0.337 e. The van der Waals surface area contributed by atoms with Crippen LogP contribution in [0.15, 0.2) is 48.5 Å². The Morgan fingerprint density at radius 1 is 1.14 bits per heavy atom. The van der Waals surface area contributed by atoms with Crippen LogP contribution in [-0.4, -0.2) is 24.2 Å². The second kappa shape index (κ2) is 7.33. The fraction of sp³-hybridized carbons (Fsp3) is 0.235. The van der Waals surface area contributed by atoms with Gasteiger partial charge < -0.3 is 15.2 Å². The van der Waals surface area contributed by atoms with Gasteiger partial charge in [-0.3, -0.25) is 0 Å². The lowest BCUT2D eigenvalue weighted by Gasteiger charge is -2.10. The molecule has 0 aliphatic heterocycles. The van der Waals surface area contributed by atoms with Gasteiger partial charge in [-0.25, -0.2) is 4.79 Å². The van der Waals surface area contributed by atoms with Crippen LogP contribution in [0.1, 0.15) is 22.3 Å². The minimum Gasteiger partial charge on any atom is -0.494 e. The molecule has 0 saturated heterocycles. The average molecular weight is 285 g/mol. The fourth-order valence-electron chi connectivity index (χ4n) is 1.94. The van der Waals surface area contributed by atoms with Crippen LogP contribution >= 0.6 is 0 Å². The highest BCUT2D eigenvalue weighted by Gasteiger charge is 2.07. The summed E-state index contributed by atoms with van der Waals surface area (Å²) in [6, 6.07) is 14.8. The molecule has 0 fully saturated rings. The monoisotopic (exact) mass is 285 g/mol. The van der Waals surface area contributed by atoms with Gasteiger partial charge in [-0.1, -0.05) is 29.8 Å². The van der Waals surface area contributed by atoms with E-state index in [1.807, 2.05) is 37.3 Å². The molecule has 4 heteroatoms. The van der Waals surface area contributed by atoms with Crippen LogP contribution < -0.4 is 10.1 Å². The number of hydrogen-bond donors (Lipinski definition) is 2. The van der Waals surface area contributed by atoms with E-state index in [1.165, 1.54) is 5.56 Å². The third kappa shape index (κ3) is 4.53. The molecule has 2 aromatic carbocycles. The number of carboxylic acid groups (broad SMARTS) is 1. The summed E-state index contributed by atoms with van der Waals surface area (Å²) < 4.78 is 5.62. The molecule has 0 saturated carbocycles. The van der Waals surface area contributed by atoms with Crippen LogP contribution in [0.4, 0.5) is 5.69 Å². The number of rotatable bonds is 7. The predicted octanol–water partition coefficient (Wildman–Crippen LogP) is 3.57. The zero-order valence-corrected chi connectivity index (χ0v) is 12.0. The molecule has 110 valence electrons. The predicted molar refractivity (Wildman–Crippen MR) is 83.2 cm³/mol. The van der Waals surface area contributed by atoms with Crippen molar-refractivity contribution in [3.05, 3.63) is 59.7 Å². The van der Waals surface area contributed by atoms with E-state index in [-0.39, 0.29) is 5.56 Å². The molecule has 0 bridgehead atoms. The SMILES string of the molecule is Cc1ccc(OCCCNc2ccccc2C(=O)O)cc1. The van der Waals surface area contributed by atoms with Crippen molar-refractivity contribution in [2.24, 2.45) is 0 Å². The van der Waals surface area contributed by atoms with Gasteiger partial charge in [0, 0.05) is 12.2 Å². The largest absolute Gasteiger partial charge is 0.494 e. The highest BCUT2D eigenvalue weighted by atomic mass is 16.5. The van der Waals surface area contributed by atoms with Crippen LogP contribution in [0.3, 0.4) is 0 Å². The Kier molecular flexibility index (Phi) is 5.21. The number of nitrogens with one attached hydrogen (secondary N) is 1. The van der Waals surface area contributed by atoms with Crippen molar-refractivity contribution in [3.8, 4) is 5.75 Å². The topological polar surface area (TPSA) is 58.6 Å². The van der Waals surface area contributed by atoms with Crippen LogP contribution in [-0.2, 0) is 0 Å². The van der Waals surface area contributed by atoms with E-state index < -0.39 is 5.97 Å². The summed E-state index contributed by atoms with van der Waals surface area (Å²) >= 11 is 0. The quantitative estimate of drug-likeness (QED) is 0.763. The number of hydrogen-bond acceptors (Lipinski definition) is 3. The molecule has 2 aromatic rings. The van der Waals surface area contributed by atoms with E-state index in [1.54, 1.807) is 18.2 Å². The van der Waals surface area contributed by atoms with Crippen LogP contribution in [0, 0.1) is 6.92 Å². The molecule has 0 unspecified atom stereocenters. The molecule has 21 heavy (non-hydrogen) atoms. The van der Waals surface area contributed by atoms with Gasteiger partial charge in [-0.05, 0) is 37.6 Å². The minimum absolute atomic E-state index is 0.289. The molecule has 0 amide bonds. The molecular formula is C17H19NO3. The van der Waals surface area contributed by atoms with Crippen molar-refractivity contribution < 1.29 is 14.6 Å². The zero-order chi connectivity index (χ0) is 15.1. The van der Waals surface area contributed by atoms with Crippen molar-refractivity contribution in [2.75, 3.05) is 18.5 Å². The number of para-hydroxylation sites is 1. The standard InChI is InChI=1S/C17H19NO3/c1-13-7-9-14(10-8-13)21-12-4-11-18-16-6-3-2-5-15(16)17(19)20/h2-3,5-10,18H,4,11-12H2,1H3,(H,19,20). The zero-order valence-electron chi connectivity index (χ0n) is 12.0. The number of aryl methyl sites for hydroxylation is 1. The third-order valence-corrected chi connectivity index (χ3v) is 3.08. The fourth-order valence-corrected chi connectivity index (χ4v) is 1.94. The number of carboxylic acids is 1. The Balaban J connectivity index is 1.75. The molecule has 0 heterocycles. The van der Waals surface area contributed by atoms with E-state index >= 15 is 0 Å². The van der Waals surface area contributed by atoms with Crippen molar-refractivity contribution in [2.45, 2.75) is 13.3 Å². The van der Waals surface area contributed by atoms with Crippen molar-refractivity contribution >= 4 is 11.7 Å². The second-order valence-corrected chi connectivity index (χ2v) is 4.79. The first kappa shape index (κ1) is 14.9. The highest BCUT2D eigenvalue weighted by Crippen LogP contribution is 2.15. The van der Waals surface area contributed by atoms with E-state index in [0.29, 0.717) is 18.8 Å². The smallest absolute Gasteiger partial charge is 0.337 e. The third-order valence-electron chi connectivity index (χ3n) is 3.08. The Bertz CT molecular complexity index is 593. The molecule has 0 radical (unpaired) electrons. The molecule has 4 nitrogen and oxygen atoms in total. The number of aromatic carboxylic acids is 1. The van der Waals surface area contributed by atoms with Crippen LogP contribution in [0.5, 0.6) is 5.75 Å². The van der Waals surface area contributed by atoms with Crippen molar-refractivity contribution in [1.29, 1.82) is 0 Å². The van der Waals surface area contributed by atoms with Crippen molar-refractivity contribution in [3.63, 3.8) is 0 Å². The number of ether oxygens (including phenoxy) is 1. The molecule has 0 aromatic heterocycles. The summed E-state index contributed by atoms with van der Waals surface area (Å²) in [5.41, 5.74) is 2.13. The van der Waals surface area contributed by atoms with E-state index in [0.717, 1.165) is 12.2 Å². The first-order valence-electron chi connectivity index (χ1n) is 6.92. The molecule has 0 aliphatic carbocycles. The summed E-state index contributed by atoms with van der Waals surface area (Å²) in [4.78, 5) is 11.1. The molecule has 2 N–H and O–H groups in total. The summed E-state index contributed by atoms with van der Waals surface area (Å²) in [5.74, 6) is -0.0689. The number of benzene rings is 2. The Hall–Kier alpha value is -2.49. The van der Waals surface area contributed by atoms with Crippen LogP contribution in [0.2, 0.25) is 0 Å². The normalized spacial score (nSPS) is 10.1. The Labute approximate surface area is 124 Å².